The van der Waals surface area contributed by atoms with Gasteiger partial charge in [0, 0.05) is 18.6 Å². The number of carboxylic acid groups (broad SMARTS) is 1. The number of halogens is 1. The highest BCUT2D eigenvalue weighted by Gasteiger charge is 2.54. The predicted octanol–water partition coefficient (Wildman–Crippen LogP) is -0.533. The normalized spacial score (nSPS) is 21.2. The van der Waals surface area contributed by atoms with E-state index in [2.05, 4.69) is 25.8 Å². The molecule has 3 atom stereocenters. The van der Waals surface area contributed by atoms with E-state index in [0.717, 1.165) is 16.2 Å². The first-order chi connectivity index (χ1) is 15.2. The molecule has 13 nitrogen and oxygen atoms in total. The fourth-order valence-corrected chi connectivity index (χ4v) is 6.45. The molecule has 170 valence electrons. The number of carbonyl (C=O) groups excluding carboxylic acids is 2. The summed E-state index contributed by atoms with van der Waals surface area (Å²) in [4.78, 5) is 42.1. The molecule has 5 N–H and O–H groups in total. The molecule has 0 spiro atoms. The number of thioether (sulfide) groups is 2. The Labute approximate surface area is 197 Å². The number of anilines is 1. The Balaban J connectivity index is 1.47. The lowest BCUT2D eigenvalue weighted by Crippen LogP contribution is -2.70. The second-order valence-electron chi connectivity index (χ2n) is 6.64. The third-order valence-corrected chi connectivity index (χ3v) is 8.19. The van der Waals surface area contributed by atoms with E-state index in [0.29, 0.717) is 16.5 Å². The molecule has 4 rings (SSSR count). The molecule has 2 aliphatic heterocycles. The van der Waals surface area contributed by atoms with Crippen molar-refractivity contribution in [3.8, 4) is 0 Å². The van der Waals surface area contributed by atoms with Crippen molar-refractivity contribution < 1.29 is 24.6 Å². The number of tetrazole rings is 1. The number of β-lactam (4-membered cyclic amide) rings is 1. The minimum Gasteiger partial charge on any atom is -0.477 e. The molecule has 2 aromatic heterocycles. The van der Waals surface area contributed by atoms with Gasteiger partial charge in [-0.3, -0.25) is 14.5 Å². The van der Waals surface area contributed by atoms with Crippen LogP contribution in [0.25, 0.3) is 0 Å². The third-order valence-electron chi connectivity index (χ3n) is 4.64. The number of fused-ring (bicyclic) bond motifs is 1. The number of rotatable bonds is 7. The van der Waals surface area contributed by atoms with Crippen LogP contribution in [0.5, 0.6) is 0 Å². The highest BCUT2D eigenvalue weighted by molar-refractivity contribution is 8.01. The molecule has 0 aromatic carbocycles. The summed E-state index contributed by atoms with van der Waals surface area (Å²) in [6, 6.07) is -0.997. The molecule has 0 aliphatic carbocycles. The van der Waals surface area contributed by atoms with Crippen LogP contribution in [0.1, 0.15) is 11.8 Å². The number of carboxylic acids is 1. The van der Waals surface area contributed by atoms with E-state index in [1.54, 1.807) is 7.05 Å². The smallest absolute Gasteiger partial charge is 0.352 e. The molecule has 2 aliphatic rings. The topological polar surface area (TPSA) is 189 Å². The van der Waals surface area contributed by atoms with E-state index in [4.69, 9.17) is 17.3 Å². The van der Waals surface area contributed by atoms with Crippen molar-refractivity contribution in [3.63, 3.8) is 0 Å². The summed E-state index contributed by atoms with van der Waals surface area (Å²) in [6.07, 6.45) is -1.71. The molecule has 1 saturated heterocycles. The zero-order valence-corrected chi connectivity index (χ0v) is 19.3. The number of aliphatic hydroxyl groups excluding tert-OH is 1. The number of nitrogen functional groups attached to an aromatic ring is 1. The summed E-state index contributed by atoms with van der Waals surface area (Å²) in [5.41, 5.74) is 5.84. The van der Waals surface area contributed by atoms with Crippen LogP contribution in [0.4, 0.5) is 5.13 Å². The number of amides is 2. The molecule has 32 heavy (non-hydrogen) atoms. The summed E-state index contributed by atoms with van der Waals surface area (Å²) < 4.78 is 1.52. The number of thiazole rings is 1. The number of aliphatic hydroxyl groups is 1. The number of aryl methyl sites for hydroxylation is 1. The summed E-state index contributed by atoms with van der Waals surface area (Å²) in [6.45, 7) is 0. The van der Waals surface area contributed by atoms with Gasteiger partial charge >= 0.3 is 5.97 Å². The van der Waals surface area contributed by atoms with Crippen LogP contribution in [-0.2, 0) is 21.4 Å². The van der Waals surface area contributed by atoms with Gasteiger partial charge in [0.25, 0.3) is 11.8 Å². The fraction of sp³-hybridized carbons (Fsp3) is 0.400. The molecule has 0 saturated carbocycles. The number of hydrogen-bond acceptors (Lipinski definition) is 12. The maximum Gasteiger partial charge on any atom is 0.352 e. The number of nitrogens with two attached hydrogens (primary N) is 1. The maximum absolute atomic E-state index is 12.7. The Kier molecular flexibility index (Phi) is 6.30. The van der Waals surface area contributed by atoms with Crippen LogP contribution in [0.2, 0.25) is 4.34 Å². The molecule has 0 bridgehead atoms. The Morgan fingerprint density at radius 2 is 2.22 bits per heavy atom. The van der Waals surface area contributed by atoms with E-state index >= 15 is 0 Å². The molecular formula is C15H15ClN8O5S3. The molecule has 2 unspecified atom stereocenters. The minimum atomic E-state index is -1.71. The third kappa shape index (κ3) is 4.03. The quantitative estimate of drug-likeness (QED) is 0.271. The average molecular weight is 519 g/mol. The Morgan fingerprint density at radius 3 is 2.81 bits per heavy atom. The highest BCUT2D eigenvalue weighted by Crippen LogP contribution is 2.41. The van der Waals surface area contributed by atoms with E-state index < -0.39 is 35.3 Å². The standard InChI is InChI=1S/C15H15ClN8O5S3/c1-23-15(20-21-22-23)31-3-4-2-30-12-6(11(27)24(12)7(4)13(28)29)18-10(26)8(25)5-9(16)32-14(17)19-5/h6,8,12,25H,2-3H2,1H3,(H2,17,19)(H,18,26)(H,28,29)/t6?,8?,12-/m1/s1. The first-order valence-electron chi connectivity index (χ1n) is 8.84. The lowest BCUT2D eigenvalue weighted by molar-refractivity contribution is -0.151. The van der Waals surface area contributed by atoms with E-state index in [9.17, 15) is 24.6 Å². The Bertz CT molecular complexity index is 1140. The first kappa shape index (κ1) is 22.8. The van der Waals surface area contributed by atoms with Gasteiger partial charge in [-0.25, -0.2) is 14.5 Å². The van der Waals surface area contributed by atoms with E-state index in [1.807, 2.05) is 0 Å². The largest absolute Gasteiger partial charge is 0.477 e. The van der Waals surface area contributed by atoms with Gasteiger partial charge in [-0.2, -0.15) is 0 Å². The van der Waals surface area contributed by atoms with Gasteiger partial charge in [-0.05, 0) is 16.0 Å². The number of carbonyl (C=O) groups is 3. The predicted molar refractivity (Wildman–Crippen MR) is 116 cm³/mol. The van der Waals surface area contributed by atoms with Crippen LogP contribution in [-0.4, -0.2) is 81.0 Å². The van der Waals surface area contributed by atoms with Gasteiger partial charge in [0.15, 0.2) is 11.2 Å². The fourth-order valence-electron chi connectivity index (χ4n) is 3.14. The van der Waals surface area contributed by atoms with Crippen molar-refractivity contribution in [1.29, 1.82) is 0 Å². The average Bonchev–Trinajstić information content (AvgIpc) is 3.32. The number of nitrogens with zero attached hydrogens (tertiary/aromatic N) is 6. The molecule has 0 radical (unpaired) electrons. The van der Waals surface area contributed by atoms with Gasteiger partial charge in [-0.1, -0.05) is 34.7 Å². The maximum atomic E-state index is 12.7. The van der Waals surface area contributed by atoms with Crippen LogP contribution >= 0.6 is 46.5 Å². The van der Waals surface area contributed by atoms with Crippen LogP contribution in [0, 0.1) is 0 Å². The first-order valence-corrected chi connectivity index (χ1v) is 12.1. The van der Waals surface area contributed by atoms with Gasteiger partial charge in [-0.15, -0.1) is 16.9 Å². The summed E-state index contributed by atoms with van der Waals surface area (Å²) in [5.74, 6) is -2.11. The van der Waals surface area contributed by atoms with Crippen molar-refractivity contribution in [2.75, 3.05) is 17.2 Å². The summed E-state index contributed by atoms with van der Waals surface area (Å²) in [7, 11) is 1.66. The number of aliphatic carboxylic acids is 1. The molecule has 2 amide bonds. The van der Waals surface area contributed by atoms with Crippen molar-refractivity contribution in [2.45, 2.75) is 22.7 Å². The van der Waals surface area contributed by atoms with Crippen LogP contribution in [0.3, 0.4) is 0 Å². The second kappa shape index (κ2) is 8.86. The van der Waals surface area contributed by atoms with E-state index in [1.165, 1.54) is 28.2 Å². The summed E-state index contributed by atoms with van der Waals surface area (Å²) in [5, 5.41) is 33.5. The zero-order valence-electron chi connectivity index (χ0n) is 16.1. The molecule has 1 fully saturated rings. The number of aromatic nitrogens is 5. The minimum absolute atomic E-state index is 0.0649. The van der Waals surface area contributed by atoms with Crippen LogP contribution in [0.15, 0.2) is 16.4 Å². The zero-order chi connectivity index (χ0) is 23.2. The number of hydrogen-bond donors (Lipinski definition) is 4. The van der Waals surface area contributed by atoms with Crippen LogP contribution < -0.4 is 11.1 Å². The number of nitrogens with one attached hydrogen (secondary N) is 1. The lowest BCUT2D eigenvalue weighted by Gasteiger charge is -2.49. The molecule has 4 heterocycles. The van der Waals surface area contributed by atoms with Gasteiger partial charge in [0.05, 0.1) is 0 Å². The second-order valence-corrected chi connectivity index (χ2v) is 10.3. The monoisotopic (exact) mass is 518 g/mol. The van der Waals surface area contributed by atoms with Crippen molar-refractivity contribution in [1.82, 2.24) is 35.4 Å². The van der Waals surface area contributed by atoms with Crippen molar-refractivity contribution in [3.05, 3.63) is 21.3 Å². The van der Waals surface area contributed by atoms with Gasteiger partial charge in [0.1, 0.15) is 27.1 Å². The Hall–Kier alpha value is -2.40. The molecule has 2 aromatic rings. The highest BCUT2D eigenvalue weighted by atomic mass is 35.5. The SMILES string of the molecule is Cn1nnnc1SCC1=C(C(=O)O)N2C(=O)C(NC(=O)C(O)c3nc(N)sc3Cl)[C@H]2SC1. The van der Waals surface area contributed by atoms with Crippen molar-refractivity contribution >= 4 is 69.4 Å². The van der Waals surface area contributed by atoms with Gasteiger partial charge < -0.3 is 21.3 Å². The Morgan fingerprint density at radius 1 is 1.47 bits per heavy atom. The van der Waals surface area contributed by atoms with E-state index in [-0.39, 0.29) is 26.6 Å². The van der Waals surface area contributed by atoms with Gasteiger partial charge in [0.2, 0.25) is 5.16 Å². The van der Waals surface area contributed by atoms with Crippen molar-refractivity contribution in [2.24, 2.45) is 7.05 Å². The lowest BCUT2D eigenvalue weighted by atomic mass is 10.0. The molecule has 17 heteroatoms. The summed E-state index contributed by atoms with van der Waals surface area (Å²) >= 11 is 9.39. The molecular weight excluding hydrogens is 504 g/mol.